The molecular weight excluding hydrogens is 488 g/mol. The highest BCUT2D eigenvalue weighted by molar-refractivity contribution is 7.88. The lowest BCUT2D eigenvalue weighted by Crippen LogP contribution is -2.57. The zero-order valence-corrected chi connectivity index (χ0v) is 20.0. The number of nitrogens with one attached hydrogen (secondary N) is 1. The van der Waals surface area contributed by atoms with Crippen LogP contribution in [0.5, 0.6) is 0 Å². The van der Waals surface area contributed by atoms with Crippen molar-refractivity contribution in [2.45, 2.75) is 56.2 Å². The van der Waals surface area contributed by atoms with Crippen LogP contribution in [0, 0.1) is 18.6 Å². The van der Waals surface area contributed by atoms with E-state index < -0.39 is 64.1 Å². The van der Waals surface area contributed by atoms with Crippen LogP contribution in [0.15, 0.2) is 36.4 Å². The van der Waals surface area contributed by atoms with E-state index in [4.69, 9.17) is 0 Å². The Balaban J connectivity index is 1.75. The molecule has 1 amide bonds. The zero-order chi connectivity index (χ0) is 25.8. The molecule has 1 aliphatic carbocycles. The number of amides is 1. The van der Waals surface area contributed by atoms with Crippen molar-refractivity contribution < 1.29 is 35.9 Å². The molecule has 2 aromatic rings. The van der Waals surface area contributed by atoms with Crippen LogP contribution in [-0.4, -0.2) is 60.7 Å². The van der Waals surface area contributed by atoms with E-state index in [9.17, 15) is 22.7 Å². The Kier molecular flexibility index (Phi) is 6.48. The van der Waals surface area contributed by atoms with Gasteiger partial charge in [0.2, 0.25) is 10.0 Å². The van der Waals surface area contributed by atoms with E-state index in [1.165, 1.54) is 24.3 Å². The summed E-state index contributed by atoms with van der Waals surface area (Å²) in [5.74, 6) is -5.94. The molecule has 0 spiro atoms. The summed E-state index contributed by atoms with van der Waals surface area (Å²) in [7, 11) is -4.12. The molecule has 0 unspecified atom stereocenters. The van der Waals surface area contributed by atoms with Gasteiger partial charge in [0.15, 0.2) is 0 Å². The van der Waals surface area contributed by atoms with Gasteiger partial charge in [-0.05, 0) is 61.4 Å². The SMILES string of the molecule is Cc1cc(F)cc(-c2cccc(C[C@H]3[C@@H](NS(C)(=O)=O)C(F)(F)CN3C(=O)C3(O)CCC3)c2F)c1. The fraction of sp³-hybridized carbons (Fsp3) is 0.458. The zero-order valence-electron chi connectivity index (χ0n) is 19.2. The second-order valence-electron chi connectivity index (χ2n) is 9.51. The molecule has 0 bridgehead atoms. The van der Waals surface area contributed by atoms with E-state index in [1.807, 2.05) is 4.72 Å². The van der Waals surface area contributed by atoms with Gasteiger partial charge in [0.25, 0.3) is 11.8 Å². The highest BCUT2D eigenvalue weighted by Crippen LogP contribution is 2.41. The Labute approximate surface area is 201 Å². The number of alkyl halides is 2. The Morgan fingerprint density at radius 1 is 1.20 bits per heavy atom. The molecule has 6 nitrogen and oxygen atoms in total. The smallest absolute Gasteiger partial charge is 0.283 e. The van der Waals surface area contributed by atoms with Crippen LogP contribution in [0.4, 0.5) is 17.6 Å². The molecule has 2 N–H and O–H groups in total. The third-order valence-electron chi connectivity index (χ3n) is 6.66. The van der Waals surface area contributed by atoms with E-state index in [2.05, 4.69) is 0 Å². The summed E-state index contributed by atoms with van der Waals surface area (Å²) < 4.78 is 85.2. The second-order valence-corrected chi connectivity index (χ2v) is 11.3. The van der Waals surface area contributed by atoms with Gasteiger partial charge in [-0.3, -0.25) is 4.79 Å². The fourth-order valence-corrected chi connectivity index (χ4v) is 5.61. The van der Waals surface area contributed by atoms with E-state index in [1.54, 1.807) is 13.0 Å². The molecule has 2 fully saturated rings. The normalized spacial score (nSPS) is 23.2. The van der Waals surface area contributed by atoms with Crippen molar-refractivity contribution in [3.05, 3.63) is 59.2 Å². The van der Waals surface area contributed by atoms with E-state index >= 15 is 13.2 Å². The monoisotopic (exact) mass is 514 g/mol. The van der Waals surface area contributed by atoms with Crippen molar-refractivity contribution in [2.75, 3.05) is 12.8 Å². The van der Waals surface area contributed by atoms with Gasteiger partial charge in [0.1, 0.15) is 23.3 Å². The minimum atomic E-state index is -4.12. The third-order valence-corrected chi connectivity index (χ3v) is 7.34. The lowest BCUT2D eigenvalue weighted by molar-refractivity contribution is -0.162. The lowest BCUT2D eigenvalue weighted by atomic mass is 9.79. The van der Waals surface area contributed by atoms with Crippen LogP contribution in [0.3, 0.4) is 0 Å². The highest BCUT2D eigenvalue weighted by atomic mass is 32.2. The molecule has 2 aliphatic rings. The molecule has 2 aromatic carbocycles. The fourth-order valence-electron chi connectivity index (χ4n) is 4.82. The van der Waals surface area contributed by atoms with Gasteiger partial charge in [0, 0.05) is 5.56 Å². The minimum absolute atomic E-state index is 0.0398. The topological polar surface area (TPSA) is 86.7 Å². The number of hydrogen-bond acceptors (Lipinski definition) is 4. The summed E-state index contributed by atoms with van der Waals surface area (Å²) in [4.78, 5) is 13.8. The maximum Gasteiger partial charge on any atom is 0.283 e. The summed E-state index contributed by atoms with van der Waals surface area (Å²) in [5.41, 5.74) is -0.999. The lowest BCUT2D eigenvalue weighted by Gasteiger charge is -2.40. The summed E-state index contributed by atoms with van der Waals surface area (Å²) >= 11 is 0. The second kappa shape index (κ2) is 8.86. The first-order chi connectivity index (χ1) is 16.2. The number of rotatable bonds is 6. The number of carbonyl (C=O) groups excluding carboxylic acids is 1. The van der Waals surface area contributed by atoms with E-state index in [0.717, 1.165) is 17.2 Å². The standard InChI is InChI=1S/C24H26F4N2O4S/c1-14-9-16(11-17(25)10-14)18-6-3-5-15(20(18)26)12-19-21(29-35(2,33)34)24(27,28)13-30(19)22(31)23(32)7-4-8-23/h3,5-6,9-11,19,21,29,32H,4,7-8,12-13H2,1-2H3/t19-,21+/m0/s1. The third kappa shape index (κ3) is 5.07. The van der Waals surface area contributed by atoms with Gasteiger partial charge < -0.3 is 10.0 Å². The van der Waals surface area contributed by atoms with Gasteiger partial charge in [-0.15, -0.1) is 0 Å². The number of halogens is 4. The first-order valence-electron chi connectivity index (χ1n) is 11.1. The van der Waals surface area contributed by atoms with Crippen LogP contribution in [-0.2, 0) is 21.2 Å². The van der Waals surface area contributed by atoms with E-state index in [-0.39, 0.29) is 29.5 Å². The van der Waals surface area contributed by atoms with Crippen molar-refractivity contribution in [1.29, 1.82) is 0 Å². The van der Waals surface area contributed by atoms with Crippen LogP contribution in [0.1, 0.15) is 30.4 Å². The quantitative estimate of drug-likeness (QED) is 0.580. The summed E-state index contributed by atoms with van der Waals surface area (Å²) in [6.45, 7) is 0.529. The number of benzene rings is 2. The largest absolute Gasteiger partial charge is 0.380 e. The maximum absolute atomic E-state index is 15.6. The first kappa shape index (κ1) is 25.6. The number of aryl methyl sites for hydroxylation is 1. The predicted octanol–water partition coefficient (Wildman–Crippen LogP) is 3.16. The number of aliphatic hydroxyl groups is 1. The number of carbonyl (C=O) groups is 1. The highest BCUT2D eigenvalue weighted by Gasteiger charge is 2.59. The molecule has 1 saturated heterocycles. The number of sulfonamides is 1. The van der Waals surface area contributed by atoms with Gasteiger partial charge in [-0.2, -0.15) is 0 Å². The molecule has 1 saturated carbocycles. The molecule has 2 atom stereocenters. The van der Waals surface area contributed by atoms with Gasteiger partial charge in [-0.1, -0.05) is 24.3 Å². The van der Waals surface area contributed by atoms with Crippen molar-refractivity contribution in [3.63, 3.8) is 0 Å². The van der Waals surface area contributed by atoms with Crippen molar-refractivity contribution >= 4 is 15.9 Å². The predicted molar refractivity (Wildman–Crippen MR) is 121 cm³/mol. The van der Waals surface area contributed by atoms with Crippen LogP contribution in [0.2, 0.25) is 0 Å². The minimum Gasteiger partial charge on any atom is -0.380 e. The van der Waals surface area contributed by atoms with Gasteiger partial charge in [0.05, 0.1) is 18.8 Å². The van der Waals surface area contributed by atoms with Crippen LogP contribution >= 0.6 is 0 Å². The Morgan fingerprint density at radius 3 is 2.46 bits per heavy atom. The summed E-state index contributed by atoms with van der Waals surface area (Å²) in [6, 6.07) is 4.76. The Morgan fingerprint density at radius 2 is 1.89 bits per heavy atom. The first-order valence-corrected chi connectivity index (χ1v) is 13.0. The Bertz CT molecular complexity index is 1240. The molecule has 4 rings (SSSR count). The molecular formula is C24H26F4N2O4S. The number of nitrogens with zero attached hydrogens (tertiary/aromatic N) is 1. The van der Waals surface area contributed by atoms with Gasteiger partial charge in [-0.25, -0.2) is 30.7 Å². The average molecular weight is 515 g/mol. The average Bonchev–Trinajstić information content (AvgIpc) is 2.95. The van der Waals surface area contributed by atoms with Crippen LogP contribution < -0.4 is 4.72 Å². The van der Waals surface area contributed by atoms with Gasteiger partial charge >= 0.3 is 0 Å². The van der Waals surface area contributed by atoms with Crippen LogP contribution in [0.25, 0.3) is 11.1 Å². The molecule has 190 valence electrons. The molecule has 35 heavy (non-hydrogen) atoms. The maximum atomic E-state index is 15.6. The van der Waals surface area contributed by atoms with Crippen molar-refractivity contribution in [3.8, 4) is 11.1 Å². The Hall–Kier alpha value is -2.50. The summed E-state index contributed by atoms with van der Waals surface area (Å²) in [6.07, 6.45) is 1.03. The van der Waals surface area contributed by atoms with Crippen molar-refractivity contribution in [1.82, 2.24) is 9.62 Å². The molecule has 11 heteroatoms. The number of hydrogen-bond donors (Lipinski definition) is 2. The molecule has 1 aliphatic heterocycles. The number of likely N-dealkylation sites (tertiary alicyclic amines) is 1. The molecule has 1 heterocycles. The summed E-state index contributed by atoms with van der Waals surface area (Å²) in [5, 5.41) is 10.5. The van der Waals surface area contributed by atoms with E-state index in [0.29, 0.717) is 12.0 Å². The van der Waals surface area contributed by atoms with Crippen molar-refractivity contribution in [2.24, 2.45) is 0 Å². The molecule has 0 aromatic heterocycles. The molecule has 0 radical (unpaired) electrons.